The third-order valence-corrected chi connectivity index (χ3v) is 7.47. The monoisotopic (exact) mass is 523 g/mol. The van der Waals surface area contributed by atoms with Crippen LogP contribution in [0.15, 0.2) is 59.4 Å². The number of carbonyl (C=O) groups is 2. The summed E-state index contributed by atoms with van der Waals surface area (Å²) in [6, 6.07) is 16.0. The molecule has 0 bridgehead atoms. The van der Waals surface area contributed by atoms with Gasteiger partial charge in [-0.25, -0.2) is 0 Å². The first kappa shape index (κ1) is 24.6. The van der Waals surface area contributed by atoms with E-state index < -0.39 is 5.56 Å². The van der Waals surface area contributed by atoms with E-state index in [4.69, 9.17) is 23.2 Å². The molecule has 0 N–H and O–H groups in total. The molecule has 186 valence electrons. The largest absolute Gasteiger partial charge is 0.368 e. The van der Waals surface area contributed by atoms with Crippen LogP contribution in [0.4, 0.5) is 5.69 Å². The lowest BCUT2D eigenvalue weighted by atomic mass is 9.75. The third kappa shape index (κ3) is 4.67. The molecule has 1 aliphatic heterocycles. The van der Waals surface area contributed by atoms with Crippen LogP contribution in [-0.4, -0.2) is 47.3 Å². The Morgan fingerprint density at radius 3 is 1.94 bits per heavy atom. The van der Waals surface area contributed by atoms with Crippen LogP contribution in [-0.2, 0) is 6.42 Å². The van der Waals surface area contributed by atoms with Crippen molar-refractivity contribution < 1.29 is 9.59 Å². The van der Waals surface area contributed by atoms with Crippen LogP contribution < -0.4 is 10.5 Å². The number of nitrogens with zero attached hydrogens (tertiary/aromatic N) is 3. The Kier molecular flexibility index (Phi) is 6.43. The number of aromatic nitrogens is 1. The van der Waals surface area contributed by atoms with Gasteiger partial charge in [-0.3, -0.25) is 19.0 Å². The molecule has 1 amide bonds. The van der Waals surface area contributed by atoms with Crippen LogP contribution in [0.25, 0.3) is 5.69 Å². The molecule has 0 saturated carbocycles. The standard InChI is InChI=1S/C28H27Cl2N3O3/c1-28(2)16-24-22(25(34)17-28)15-23(27(36)33(24)21-9-5-19(30)6-10-21)26(35)32-13-11-31(12-14-32)20-7-3-18(29)4-8-20/h3-10,15H,11-14,16-17H2,1-2H3. The van der Waals surface area contributed by atoms with Crippen molar-refractivity contribution in [3.63, 3.8) is 0 Å². The highest BCUT2D eigenvalue weighted by Crippen LogP contribution is 2.35. The lowest BCUT2D eigenvalue weighted by molar-refractivity contribution is 0.0744. The minimum atomic E-state index is -0.410. The predicted octanol–water partition coefficient (Wildman–Crippen LogP) is 5.26. The summed E-state index contributed by atoms with van der Waals surface area (Å²) in [7, 11) is 0. The minimum Gasteiger partial charge on any atom is -0.368 e. The number of fused-ring (bicyclic) bond motifs is 1. The quantitative estimate of drug-likeness (QED) is 0.469. The van der Waals surface area contributed by atoms with Crippen LogP contribution in [0, 0.1) is 5.41 Å². The number of halogens is 2. The summed E-state index contributed by atoms with van der Waals surface area (Å²) in [5.74, 6) is -0.399. The molecular weight excluding hydrogens is 497 g/mol. The van der Waals surface area contributed by atoms with Crippen LogP contribution >= 0.6 is 23.2 Å². The Labute approximate surface area is 220 Å². The second kappa shape index (κ2) is 9.41. The number of rotatable bonds is 3. The van der Waals surface area contributed by atoms with Gasteiger partial charge in [0.2, 0.25) is 0 Å². The summed E-state index contributed by atoms with van der Waals surface area (Å²) < 4.78 is 1.53. The van der Waals surface area contributed by atoms with Crippen LogP contribution in [0.5, 0.6) is 0 Å². The van der Waals surface area contributed by atoms with Crippen molar-refractivity contribution in [1.82, 2.24) is 9.47 Å². The van der Waals surface area contributed by atoms with E-state index in [1.165, 1.54) is 10.6 Å². The van der Waals surface area contributed by atoms with E-state index in [1.54, 1.807) is 29.2 Å². The summed E-state index contributed by atoms with van der Waals surface area (Å²) in [6.07, 6.45) is 0.923. The van der Waals surface area contributed by atoms with Gasteiger partial charge in [-0.05, 0) is 66.4 Å². The van der Waals surface area contributed by atoms with Gasteiger partial charge in [-0.15, -0.1) is 0 Å². The first-order valence-electron chi connectivity index (χ1n) is 12.0. The Morgan fingerprint density at radius 1 is 0.806 bits per heavy atom. The van der Waals surface area contributed by atoms with E-state index in [0.29, 0.717) is 66.0 Å². The van der Waals surface area contributed by atoms with Crippen molar-refractivity contribution in [2.75, 3.05) is 31.1 Å². The highest BCUT2D eigenvalue weighted by Gasteiger charge is 2.36. The Hall–Kier alpha value is -3.09. The van der Waals surface area contributed by atoms with Gasteiger partial charge in [0.05, 0.1) is 0 Å². The fourth-order valence-corrected chi connectivity index (χ4v) is 5.37. The lowest BCUT2D eigenvalue weighted by Gasteiger charge is -2.36. The Balaban J connectivity index is 1.50. The molecule has 36 heavy (non-hydrogen) atoms. The number of ketones is 1. The minimum absolute atomic E-state index is 0.0247. The third-order valence-electron chi connectivity index (χ3n) is 6.96. The summed E-state index contributed by atoms with van der Waals surface area (Å²) in [4.78, 5) is 44.4. The van der Waals surface area contributed by atoms with E-state index in [9.17, 15) is 14.4 Å². The van der Waals surface area contributed by atoms with Crippen molar-refractivity contribution >= 4 is 40.6 Å². The fraction of sp³-hybridized carbons (Fsp3) is 0.321. The zero-order chi connectivity index (χ0) is 25.6. The summed E-state index contributed by atoms with van der Waals surface area (Å²) in [5, 5.41) is 1.22. The van der Waals surface area contributed by atoms with Gasteiger partial charge in [0, 0.05) is 65.3 Å². The fourth-order valence-electron chi connectivity index (χ4n) is 5.12. The van der Waals surface area contributed by atoms with Crippen LogP contribution in [0.3, 0.4) is 0 Å². The predicted molar refractivity (Wildman–Crippen MR) is 143 cm³/mol. The summed E-state index contributed by atoms with van der Waals surface area (Å²) >= 11 is 12.1. The van der Waals surface area contributed by atoms with Crippen molar-refractivity contribution in [1.29, 1.82) is 0 Å². The number of amides is 1. The number of benzene rings is 2. The molecule has 5 rings (SSSR count). The van der Waals surface area contributed by atoms with Crippen molar-refractivity contribution in [3.05, 3.63) is 91.8 Å². The van der Waals surface area contributed by atoms with Gasteiger partial charge >= 0.3 is 0 Å². The topological polar surface area (TPSA) is 62.6 Å². The first-order valence-corrected chi connectivity index (χ1v) is 12.8. The highest BCUT2D eigenvalue weighted by molar-refractivity contribution is 6.30. The van der Waals surface area contributed by atoms with Crippen molar-refractivity contribution in [3.8, 4) is 5.69 Å². The Bertz CT molecular complexity index is 1390. The normalized spacial score (nSPS) is 17.2. The first-order chi connectivity index (χ1) is 17.1. The number of hydrogen-bond acceptors (Lipinski definition) is 4. The molecule has 0 spiro atoms. The smallest absolute Gasteiger partial charge is 0.268 e. The number of Topliss-reactive ketones (excluding diaryl/α,β-unsaturated/α-hetero) is 1. The van der Waals surface area contributed by atoms with Crippen molar-refractivity contribution in [2.45, 2.75) is 26.7 Å². The van der Waals surface area contributed by atoms with E-state index in [-0.39, 0.29) is 22.7 Å². The second-order valence-electron chi connectivity index (χ2n) is 10.2. The molecule has 0 radical (unpaired) electrons. The number of piperazine rings is 1. The maximum atomic E-state index is 13.8. The van der Waals surface area contributed by atoms with E-state index in [0.717, 1.165) is 5.69 Å². The number of pyridine rings is 1. The molecule has 0 unspecified atom stereocenters. The number of carbonyl (C=O) groups excluding carboxylic acids is 2. The van der Waals surface area contributed by atoms with Gasteiger partial charge in [0.15, 0.2) is 5.78 Å². The zero-order valence-corrected chi connectivity index (χ0v) is 21.8. The van der Waals surface area contributed by atoms with Gasteiger partial charge in [0.25, 0.3) is 11.5 Å². The van der Waals surface area contributed by atoms with E-state index >= 15 is 0 Å². The molecule has 6 nitrogen and oxygen atoms in total. The van der Waals surface area contributed by atoms with Gasteiger partial charge < -0.3 is 9.80 Å². The zero-order valence-electron chi connectivity index (χ0n) is 20.3. The maximum absolute atomic E-state index is 13.8. The molecule has 2 heterocycles. The molecule has 1 aliphatic carbocycles. The molecule has 3 aromatic rings. The molecular formula is C28H27Cl2N3O3. The summed E-state index contributed by atoms with van der Waals surface area (Å²) in [5.41, 5.74) is 2.06. The van der Waals surface area contributed by atoms with Gasteiger partial charge in [-0.1, -0.05) is 37.0 Å². The van der Waals surface area contributed by atoms with E-state index in [2.05, 4.69) is 4.90 Å². The SMILES string of the molecule is CC1(C)CC(=O)c2cc(C(=O)N3CCN(c4ccc(Cl)cc4)CC3)c(=O)n(-c3ccc(Cl)cc3)c2C1. The van der Waals surface area contributed by atoms with Gasteiger partial charge in [-0.2, -0.15) is 0 Å². The van der Waals surface area contributed by atoms with Gasteiger partial charge in [0.1, 0.15) is 5.56 Å². The second-order valence-corrected chi connectivity index (χ2v) is 11.1. The highest BCUT2D eigenvalue weighted by atomic mass is 35.5. The van der Waals surface area contributed by atoms with Crippen molar-refractivity contribution in [2.24, 2.45) is 5.41 Å². The average molecular weight is 524 g/mol. The van der Waals surface area contributed by atoms with Crippen LogP contribution in [0.1, 0.15) is 46.7 Å². The van der Waals surface area contributed by atoms with E-state index in [1.807, 2.05) is 38.1 Å². The molecule has 1 saturated heterocycles. The number of anilines is 1. The molecule has 2 aromatic carbocycles. The molecule has 1 aromatic heterocycles. The molecule has 1 fully saturated rings. The summed E-state index contributed by atoms with van der Waals surface area (Å²) in [6.45, 7) is 6.25. The number of hydrogen-bond donors (Lipinski definition) is 0. The molecule has 2 aliphatic rings. The maximum Gasteiger partial charge on any atom is 0.268 e. The molecule has 0 atom stereocenters. The Morgan fingerprint density at radius 2 is 1.36 bits per heavy atom. The average Bonchev–Trinajstić information content (AvgIpc) is 2.84. The molecule has 8 heteroatoms. The van der Waals surface area contributed by atoms with Crippen LogP contribution in [0.2, 0.25) is 10.0 Å². The lowest BCUT2D eigenvalue weighted by Crippen LogP contribution is -2.50.